The van der Waals surface area contributed by atoms with Gasteiger partial charge in [0.25, 0.3) is 0 Å². The standard InChI is InChI=1S/C14H18O4/c1-10(2)8-18-14(16)9-17-13-6-4-5-12(7-13)11(3)15/h4-7,10H,8-9H2,1-3H3. The molecular weight excluding hydrogens is 232 g/mol. The van der Waals surface area contributed by atoms with E-state index in [1.165, 1.54) is 6.92 Å². The molecule has 0 aliphatic rings. The van der Waals surface area contributed by atoms with Crippen molar-refractivity contribution in [2.75, 3.05) is 13.2 Å². The number of hydrogen-bond donors (Lipinski definition) is 0. The number of ketones is 1. The summed E-state index contributed by atoms with van der Waals surface area (Å²) in [6.45, 7) is 5.65. The first-order valence-electron chi connectivity index (χ1n) is 5.88. The quantitative estimate of drug-likeness (QED) is 0.575. The Hall–Kier alpha value is -1.84. The Morgan fingerprint density at radius 3 is 2.61 bits per heavy atom. The fourth-order valence-electron chi connectivity index (χ4n) is 1.25. The molecule has 1 aromatic carbocycles. The van der Waals surface area contributed by atoms with Gasteiger partial charge in [0.1, 0.15) is 5.75 Å². The Balaban J connectivity index is 2.46. The minimum absolute atomic E-state index is 0.0390. The summed E-state index contributed by atoms with van der Waals surface area (Å²) < 4.78 is 10.2. The van der Waals surface area contributed by atoms with Crippen LogP contribution >= 0.6 is 0 Å². The second-order valence-corrected chi connectivity index (χ2v) is 4.45. The second-order valence-electron chi connectivity index (χ2n) is 4.45. The van der Waals surface area contributed by atoms with E-state index in [0.717, 1.165) is 0 Å². The van der Waals surface area contributed by atoms with Crippen LogP contribution in [0.25, 0.3) is 0 Å². The molecule has 4 heteroatoms. The minimum atomic E-state index is -0.406. The number of benzene rings is 1. The maximum atomic E-state index is 11.3. The average Bonchev–Trinajstić information content (AvgIpc) is 2.34. The molecule has 0 fully saturated rings. The van der Waals surface area contributed by atoms with Gasteiger partial charge in [0, 0.05) is 5.56 Å². The van der Waals surface area contributed by atoms with Crippen LogP contribution in [0, 0.1) is 5.92 Å². The van der Waals surface area contributed by atoms with E-state index < -0.39 is 5.97 Å². The fraction of sp³-hybridized carbons (Fsp3) is 0.429. The van der Waals surface area contributed by atoms with Gasteiger partial charge in [0.15, 0.2) is 12.4 Å². The van der Waals surface area contributed by atoms with E-state index in [2.05, 4.69) is 0 Å². The molecule has 0 aliphatic heterocycles. The van der Waals surface area contributed by atoms with E-state index in [1.807, 2.05) is 13.8 Å². The third kappa shape index (κ3) is 4.99. The van der Waals surface area contributed by atoms with Gasteiger partial charge in [-0.1, -0.05) is 26.0 Å². The number of ether oxygens (including phenoxy) is 2. The van der Waals surface area contributed by atoms with Crippen molar-refractivity contribution in [1.29, 1.82) is 0 Å². The van der Waals surface area contributed by atoms with Gasteiger partial charge >= 0.3 is 5.97 Å². The zero-order chi connectivity index (χ0) is 13.5. The number of Topliss-reactive ketones (excluding diaryl/α,β-unsaturated/α-hetero) is 1. The SMILES string of the molecule is CC(=O)c1cccc(OCC(=O)OCC(C)C)c1. The van der Waals surface area contributed by atoms with Crippen molar-refractivity contribution in [2.45, 2.75) is 20.8 Å². The Bertz CT molecular complexity index is 424. The molecule has 0 saturated carbocycles. The van der Waals surface area contributed by atoms with Crippen molar-refractivity contribution in [1.82, 2.24) is 0 Å². The number of carbonyl (C=O) groups is 2. The molecule has 0 N–H and O–H groups in total. The van der Waals surface area contributed by atoms with Crippen molar-refractivity contribution < 1.29 is 19.1 Å². The molecule has 98 valence electrons. The topological polar surface area (TPSA) is 52.6 Å². The lowest BCUT2D eigenvalue weighted by Gasteiger charge is -2.09. The largest absolute Gasteiger partial charge is 0.482 e. The van der Waals surface area contributed by atoms with Crippen molar-refractivity contribution in [2.24, 2.45) is 5.92 Å². The summed E-state index contributed by atoms with van der Waals surface area (Å²) in [6.07, 6.45) is 0. The van der Waals surface area contributed by atoms with Gasteiger partial charge < -0.3 is 9.47 Å². The lowest BCUT2D eigenvalue weighted by Crippen LogP contribution is -2.17. The Labute approximate surface area is 107 Å². The van der Waals surface area contributed by atoms with Crippen molar-refractivity contribution in [3.05, 3.63) is 29.8 Å². The third-order valence-electron chi connectivity index (χ3n) is 2.17. The minimum Gasteiger partial charge on any atom is -0.482 e. The Morgan fingerprint density at radius 1 is 1.28 bits per heavy atom. The van der Waals surface area contributed by atoms with Crippen LogP contribution in [0.15, 0.2) is 24.3 Å². The number of hydrogen-bond acceptors (Lipinski definition) is 4. The van der Waals surface area contributed by atoms with E-state index in [0.29, 0.717) is 23.8 Å². The molecule has 0 radical (unpaired) electrons. The number of rotatable bonds is 6. The van der Waals surface area contributed by atoms with Gasteiger partial charge in [-0.3, -0.25) is 4.79 Å². The van der Waals surface area contributed by atoms with E-state index >= 15 is 0 Å². The number of esters is 1. The normalized spacial score (nSPS) is 10.2. The highest BCUT2D eigenvalue weighted by Gasteiger charge is 2.06. The van der Waals surface area contributed by atoms with Gasteiger partial charge in [-0.15, -0.1) is 0 Å². The van der Waals surface area contributed by atoms with Crippen LogP contribution in [0.2, 0.25) is 0 Å². The highest BCUT2D eigenvalue weighted by molar-refractivity contribution is 5.94. The summed E-state index contributed by atoms with van der Waals surface area (Å²) in [5.74, 6) is 0.346. The zero-order valence-corrected chi connectivity index (χ0v) is 10.9. The van der Waals surface area contributed by atoms with Crippen LogP contribution in [0.5, 0.6) is 5.75 Å². The van der Waals surface area contributed by atoms with Gasteiger partial charge in [-0.05, 0) is 25.0 Å². The number of carbonyl (C=O) groups excluding carboxylic acids is 2. The van der Waals surface area contributed by atoms with Crippen molar-refractivity contribution >= 4 is 11.8 Å². The molecule has 0 spiro atoms. The maximum absolute atomic E-state index is 11.3. The molecule has 0 atom stereocenters. The summed E-state index contributed by atoms with van der Waals surface area (Å²) in [7, 11) is 0. The Morgan fingerprint density at radius 2 is 2.00 bits per heavy atom. The monoisotopic (exact) mass is 250 g/mol. The van der Waals surface area contributed by atoms with Gasteiger partial charge in [0.05, 0.1) is 6.61 Å². The smallest absolute Gasteiger partial charge is 0.344 e. The highest BCUT2D eigenvalue weighted by Crippen LogP contribution is 2.13. The Kier molecular flexibility index (Phi) is 5.36. The van der Waals surface area contributed by atoms with E-state index in [4.69, 9.17) is 9.47 Å². The fourth-order valence-corrected chi connectivity index (χ4v) is 1.25. The lowest BCUT2D eigenvalue weighted by molar-refractivity contribution is -0.147. The van der Waals surface area contributed by atoms with E-state index in [-0.39, 0.29) is 12.4 Å². The second kappa shape index (κ2) is 6.79. The van der Waals surface area contributed by atoms with Crippen LogP contribution in [-0.2, 0) is 9.53 Å². The molecule has 4 nitrogen and oxygen atoms in total. The molecular formula is C14H18O4. The van der Waals surface area contributed by atoms with E-state index in [9.17, 15) is 9.59 Å². The first-order chi connectivity index (χ1) is 8.49. The highest BCUT2D eigenvalue weighted by atomic mass is 16.6. The average molecular weight is 250 g/mol. The molecule has 1 aromatic rings. The van der Waals surface area contributed by atoms with Crippen molar-refractivity contribution in [3.63, 3.8) is 0 Å². The van der Waals surface area contributed by atoms with Crippen LogP contribution in [0.4, 0.5) is 0 Å². The molecule has 0 aliphatic carbocycles. The summed E-state index contributed by atoms with van der Waals surface area (Å²) in [5, 5.41) is 0. The molecule has 18 heavy (non-hydrogen) atoms. The maximum Gasteiger partial charge on any atom is 0.344 e. The molecule has 1 rings (SSSR count). The van der Waals surface area contributed by atoms with Gasteiger partial charge in [-0.25, -0.2) is 4.79 Å². The lowest BCUT2D eigenvalue weighted by atomic mass is 10.1. The van der Waals surface area contributed by atoms with Crippen LogP contribution < -0.4 is 4.74 Å². The molecule has 0 aromatic heterocycles. The van der Waals surface area contributed by atoms with Crippen LogP contribution in [0.1, 0.15) is 31.1 Å². The zero-order valence-electron chi connectivity index (χ0n) is 10.9. The molecule has 0 amide bonds. The predicted molar refractivity (Wildman–Crippen MR) is 67.7 cm³/mol. The van der Waals surface area contributed by atoms with Crippen LogP contribution in [0.3, 0.4) is 0 Å². The first kappa shape index (κ1) is 14.2. The summed E-state index contributed by atoms with van der Waals surface area (Å²) in [6, 6.07) is 6.72. The first-order valence-corrected chi connectivity index (χ1v) is 5.88. The molecule has 0 saturated heterocycles. The summed E-state index contributed by atoms with van der Waals surface area (Å²) in [5.41, 5.74) is 0.558. The predicted octanol–water partition coefficient (Wildman–Crippen LogP) is 2.47. The molecule has 0 heterocycles. The summed E-state index contributed by atoms with van der Waals surface area (Å²) in [4.78, 5) is 22.5. The third-order valence-corrected chi connectivity index (χ3v) is 2.17. The van der Waals surface area contributed by atoms with Crippen LogP contribution in [-0.4, -0.2) is 25.0 Å². The van der Waals surface area contributed by atoms with Gasteiger partial charge in [0.2, 0.25) is 0 Å². The summed E-state index contributed by atoms with van der Waals surface area (Å²) >= 11 is 0. The molecule has 0 bridgehead atoms. The van der Waals surface area contributed by atoms with Gasteiger partial charge in [-0.2, -0.15) is 0 Å². The van der Waals surface area contributed by atoms with E-state index in [1.54, 1.807) is 24.3 Å². The molecule has 0 unspecified atom stereocenters. The van der Waals surface area contributed by atoms with Crippen molar-refractivity contribution in [3.8, 4) is 5.75 Å².